The van der Waals surface area contributed by atoms with Gasteiger partial charge in [0.1, 0.15) is 6.61 Å². The predicted octanol–water partition coefficient (Wildman–Crippen LogP) is 5.41. The van der Waals surface area contributed by atoms with Crippen LogP contribution in [0.25, 0.3) is 5.57 Å². The van der Waals surface area contributed by atoms with Crippen molar-refractivity contribution in [3.8, 4) is 0 Å². The number of carbonyl (C=O) groups excluding carboxylic acids is 1. The van der Waals surface area contributed by atoms with Gasteiger partial charge < -0.3 is 4.74 Å². The molecule has 2 atom stereocenters. The van der Waals surface area contributed by atoms with E-state index in [-0.39, 0.29) is 18.2 Å². The first-order chi connectivity index (χ1) is 12.2. The highest BCUT2D eigenvalue weighted by atomic mass is 79.9. The van der Waals surface area contributed by atoms with Crippen molar-refractivity contribution in [3.63, 3.8) is 0 Å². The molecule has 25 heavy (non-hydrogen) atoms. The minimum atomic E-state index is -0.192. The molecule has 2 unspecified atom stereocenters. The summed E-state index contributed by atoms with van der Waals surface area (Å²) in [6.45, 7) is 0.332. The summed E-state index contributed by atoms with van der Waals surface area (Å²) in [5.41, 5.74) is 3.61. The topological polar surface area (TPSA) is 29.5 Å². The molecule has 0 aliphatic carbocycles. The zero-order valence-electron chi connectivity index (χ0n) is 13.9. The van der Waals surface area contributed by atoms with E-state index in [1.165, 1.54) is 11.1 Å². The third-order valence-electron chi connectivity index (χ3n) is 5.03. The van der Waals surface area contributed by atoms with Crippen LogP contribution in [0.2, 0.25) is 0 Å². The van der Waals surface area contributed by atoms with Crippen molar-refractivity contribution in [2.75, 3.05) is 0 Å². The highest BCUT2D eigenvalue weighted by Gasteiger charge is 2.40. The number of fused-ring (bicyclic) bond motifs is 2. The van der Waals surface area contributed by atoms with Crippen LogP contribution in [-0.2, 0) is 11.3 Å². The first kappa shape index (κ1) is 16.4. The summed E-state index contributed by atoms with van der Waals surface area (Å²) in [7, 11) is 0. The van der Waals surface area contributed by atoms with E-state index in [9.17, 15) is 4.79 Å². The molecular weight excluding hydrogens is 378 g/mol. The van der Waals surface area contributed by atoms with Crippen LogP contribution in [0.15, 0.2) is 65.1 Å². The smallest absolute Gasteiger partial charge is 0.410 e. The second-order valence-corrected chi connectivity index (χ2v) is 7.56. The summed E-state index contributed by atoms with van der Waals surface area (Å²) in [6, 6.07) is 18.6. The molecule has 0 aromatic heterocycles. The molecule has 2 aromatic carbocycles. The number of hydrogen-bond donors (Lipinski definition) is 0. The Morgan fingerprint density at radius 3 is 2.56 bits per heavy atom. The van der Waals surface area contributed by atoms with E-state index < -0.39 is 0 Å². The van der Waals surface area contributed by atoms with Crippen molar-refractivity contribution in [1.82, 2.24) is 4.90 Å². The summed E-state index contributed by atoms with van der Waals surface area (Å²) in [5.74, 6) is 0. The number of carbonyl (C=O) groups is 1. The van der Waals surface area contributed by atoms with Crippen LogP contribution in [0.4, 0.5) is 4.79 Å². The lowest BCUT2D eigenvalue weighted by atomic mass is 9.95. The van der Waals surface area contributed by atoms with Gasteiger partial charge in [0, 0.05) is 10.5 Å². The Morgan fingerprint density at radius 1 is 1.08 bits per heavy atom. The second kappa shape index (κ2) is 7.04. The Bertz CT molecular complexity index is 785. The SMILES string of the molecule is O=C(OCc1ccccc1)N1C2C=C(c3ccc(Br)cc3)CC1CC2. The Kier molecular flexibility index (Phi) is 4.62. The first-order valence-electron chi connectivity index (χ1n) is 8.66. The molecule has 2 aliphatic heterocycles. The van der Waals surface area contributed by atoms with Gasteiger partial charge in [-0.15, -0.1) is 0 Å². The molecule has 2 aromatic rings. The Balaban J connectivity index is 1.46. The molecule has 0 N–H and O–H groups in total. The zero-order chi connectivity index (χ0) is 17.2. The maximum Gasteiger partial charge on any atom is 0.410 e. The zero-order valence-corrected chi connectivity index (χ0v) is 15.5. The standard InChI is InChI=1S/C21H20BrNO2/c22-18-8-6-16(7-9-18)17-12-19-10-11-20(13-17)23(19)21(24)25-14-15-4-2-1-3-5-15/h1-9,12,19-20H,10-11,13-14H2. The van der Waals surface area contributed by atoms with E-state index in [4.69, 9.17) is 4.74 Å². The van der Waals surface area contributed by atoms with Gasteiger partial charge in [-0.2, -0.15) is 0 Å². The minimum Gasteiger partial charge on any atom is -0.445 e. The van der Waals surface area contributed by atoms with Gasteiger partial charge in [0.25, 0.3) is 0 Å². The molecule has 0 radical (unpaired) electrons. The van der Waals surface area contributed by atoms with Crippen LogP contribution in [0, 0.1) is 0 Å². The van der Waals surface area contributed by atoms with E-state index in [2.05, 4.69) is 46.3 Å². The minimum absolute atomic E-state index is 0.153. The third kappa shape index (κ3) is 3.49. The van der Waals surface area contributed by atoms with Gasteiger partial charge in [-0.05, 0) is 48.1 Å². The summed E-state index contributed by atoms with van der Waals surface area (Å²) in [4.78, 5) is 14.5. The van der Waals surface area contributed by atoms with Crippen molar-refractivity contribution < 1.29 is 9.53 Å². The van der Waals surface area contributed by atoms with Crippen molar-refractivity contribution in [2.24, 2.45) is 0 Å². The van der Waals surface area contributed by atoms with Crippen molar-refractivity contribution >= 4 is 27.6 Å². The molecule has 1 saturated heterocycles. The fourth-order valence-corrected chi connectivity index (χ4v) is 4.05. The predicted molar refractivity (Wildman–Crippen MR) is 102 cm³/mol. The Hall–Kier alpha value is -2.07. The van der Waals surface area contributed by atoms with Crippen molar-refractivity contribution in [1.29, 1.82) is 0 Å². The van der Waals surface area contributed by atoms with Gasteiger partial charge in [-0.25, -0.2) is 4.79 Å². The summed E-state index contributed by atoms with van der Waals surface area (Å²) in [5, 5.41) is 0. The molecule has 1 fully saturated rings. The molecule has 0 saturated carbocycles. The number of benzene rings is 2. The van der Waals surface area contributed by atoms with Crippen LogP contribution < -0.4 is 0 Å². The maximum atomic E-state index is 12.6. The number of nitrogens with zero attached hydrogens (tertiary/aromatic N) is 1. The Morgan fingerprint density at radius 2 is 1.84 bits per heavy atom. The highest BCUT2D eigenvalue weighted by Crippen LogP contribution is 2.39. The third-order valence-corrected chi connectivity index (χ3v) is 5.56. The summed E-state index contributed by atoms with van der Waals surface area (Å²) in [6.07, 6.45) is 5.02. The largest absolute Gasteiger partial charge is 0.445 e. The number of halogens is 1. The molecule has 2 aliphatic rings. The monoisotopic (exact) mass is 397 g/mol. The first-order valence-corrected chi connectivity index (χ1v) is 9.45. The van der Waals surface area contributed by atoms with Gasteiger partial charge >= 0.3 is 6.09 Å². The van der Waals surface area contributed by atoms with E-state index in [0.717, 1.165) is 29.3 Å². The average Bonchev–Trinajstić information content (AvgIpc) is 2.91. The normalized spacial score (nSPS) is 21.8. The van der Waals surface area contributed by atoms with Gasteiger partial charge in [0.2, 0.25) is 0 Å². The fraction of sp³-hybridized carbons (Fsp3) is 0.286. The van der Waals surface area contributed by atoms with Crippen LogP contribution in [-0.4, -0.2) is 23.1 Å². The van der Waals surface area contributed by atoms with Crippen LogP contribution >= 0.6 is 15.9 Å². The van der Waals surface area contributed by atoms with E-state index in [0.29, 0.717) is 6.61 Å². The van der Waals surface area contributed by atoms with Crippen molar-refractivity contribution in [3.05, 3.63) is 76.3 Å². The van der Waals surface area contributed by atoms with Crippen LogP contribution in [0.5, 0.6) is 0 Å². The van der Waals surface area contributed by atoms with E-state index >= 15 is 0 Å². The van der Waals surface area contributed by atoms with Gasteiger partial charge in [0.15, 0.2) is 0 Å². The van der Waals surface area contributed by atoms with Crippen LogP contribution in [0.3, 0.4) is 0 Å². The summed E-state index contributed by atoms with van der Waals surface area (Å²) >= 11 is 3.48. The van der Waals surface area contributed by atoms with Gasteiger partial charge in [0.05, 0.1) is 6.04 Å². The lowest BCUT2D eigenvalue weighted by molar-refractivity contribution is 0.0832. The van der Waals surface area contributed by atoms with Crippen molar-refractivity contribution in [2.45, 2.75) is 38.0 Å². The Labute approximate surface area is 156 Å². The van der Waals surface area contributed by atoms with Gasteiger partial charge in [-0.3, -0.25) is 4.90 Å². The number of ether oxygens (including phenoxy) is 1. The average molecular weight is 398 g/mol. The molecule has 2 heterocycles. The van der Waals surface area contributed by atoms with E-state index in [1.54, 1.807) is 0 Å². The second-order valence-electron chi connectivity index (χ2n) is 6.65. The fourth-order valence-electron chi connectivity index (χ4n) is 3.79. The highest BCUT2D eigenvalue weighted by molar-refractivity contribution is 9.10. The lowest BCUT2D eigenvalue weighted by Gasteiger charge is -2.33. The molecular formula is C21H20BrNO2. The lowest BCUT2D eigenvalue weighted by Crippen LogP contribution is -2.43. The van der Waals surface area contributed by atoms with Crippen LogP contribution in [0.1, 0.15) is 30.4 Å². The molecule has 2 bridgehead atoms. The van der Waals surface area contributed by atoms with E-state index in [1.807, 2.05) is 35.2 Å². The van der Waals surface area contributed by atoms with Gasteiger partial charge in [-0.1, -0.05) is 64.5 Å². The number of amides is 1. The maximum absolute atomic E-state index is 12.6. The molecule has 4 heteroatoms. The molecule has 0 spiro atoms. The molecule has 1 amide bonds. The summed E-state index contributed by atoms with van der Waals surface area (Å²) < 4.78 is 6.64. The number of hydrogen-bond acceptors (Lipinski definition) is 2. The molecule has 128 valence electrons. The molecule has 4 rings (SSSR count). The quantitative estimate of drug-likeness (QED) is 0.692. The number of rotatable bonds is 3. The molecule has 3 nitrogen and oxygen atoms in total.